The third kappa shape index (κ3) is 3.83. The molecule has 0 saturated carbocycles. The molecule has 0 spiro atoms. The van der Waals surface area contributed by atoms with Crippen molar-refractivity contribution in [3.63, 3.8) is 0 Å². The number of ether oxygens (including phenoxy) is 1. The standard InChI is InChI=1S/C23H21ClN2O/c1-16-7-8-17(2)22(13-16)27-15-23-25-20-5-3-4-6-21(20)26(23)14-18-9-11-19(24)12-10-18/h3-13H,14-15H2,1-2H3. The molecule has 0 unspecified atom stereocenters. The Kier molecular flexibility index (Phi) is 4.87. The van der Waals surface area contributed by atoms with Gasteiger partial charge in [0.15, 0.2) is 0 Å². The number of fused-ring (bicyclic) bond motifs is 1. The largest absolute Gasteiger partial charge is 0.485 e. The summed E-state index contributed by atoms with van der Waals surface area (Å²) in [6.07, 6.45) is 0. The van der Waals surface area contributed by atoms with E-state index in [0.29, 0.717) is 6.61 Å². The van der Waals surface area contributed by atoms with Gasteiger partial charge in [0.25, 0.3) is 0 Å². The minimum absolute atomic E-state index is 0.423. The van der Waals surface area contributed by atoms with Crippen molar-refractivity contribution in [2.24, 2.45) is 0 Å². The fourth-order valence-electron chi connectivity index (χ4n) is 3.19. The number of para-hydroxylation sites is 2. The number of hydrogen-bond acceptors (Lipinski definition) is 2. The second-order valence-corrected chi connectivity index (χ2v) is 7.22. The number of rotatable bonds is 5. The van der Waals surface area contributed by atoms with Gasteiger partial charge < -0.3 is 9.30 Å². The average Bonchev–Trinajstić information content (AvgIpc) is 3.02. The van der Waals surface area contributed by atoms with Crippen LogP contribution in [-0.4, -0.2) is 9.55 Å². The first-order valence-electron chi connectivity index (χ1n) is 8.99. The molecule has 0 fully saturated rings. The maximum atomic E-state index is 6.13. The van der Waals surface area contributed by atoms with E-state index in [2.05, 4.69) is 42.7 Å². The van der Waals surface area contributed by atoms with Crippen LogP contribution in [0.4, 0.5) is 0 Å². The molecule has 0 bridgehead atoms. The summed E-state index contributed by atoms with van der Waals surface area (Å²) in [6, 6.07) is 22.4. The molecular weight excluding hydrogens is 356 g/mol. The SMILES string of the molecule is Cc1ccc(C)c(OCc2nc3ccccc3n2Cc2ccc(Cl)cc2)c1. The number of hydrogen-bond donors (Lipinski definition) is 0. The van der Waals surface area contributed by atoms with Gasteiger partial charge in [-0.05, 0) is 60.9 Å². The lowest BCUT2D eigenvalue weighted by atomic mass is 10.1. The van der Waals surface area contributed by atoms with Crippen molar-refractivity contribution in [2.75, 3.05) is 0 Å². The molecule has 0 radical (unpaired) electrons. The van der Waals surface area contributed by atoms with E-state index in [1.54, 1.807) is 0 Å². The maximum Gasteiger partial charge on any atom is 0.148 e. The highest BCUT2D eigenvalue weighted by Gasteiger charge is 2.12. The fourth-order valence-corrected chi connectivity index (χ4v) is 3.32. The van der Waals surface area contributed by atoms with Gasteiger partial charge in [-0.15, -0.1) is 0 Å². The molecular formula is C23H21ClN2O. The van der Waals surface area contributed by atoms with Crippen LogP contribution in [0.5, 0.6) is 5.75 Å². The summed E-state index contributed by atoms with van der Waals surface area (Å²) >= 11 is 6.03. The Balaban J connectivity index is 1.67. The molecule has 0 amide bonds. The number of imidazole rings is 1. The molecule has 4 rings (SSSR count). The van der Waals surface area contributed by atoms with Gasteiger partial charge in [-0.25, -0.2) is 4.98 Å². The summed E-state index contributed by atoms with van der Waals surface area (Å²) in [4.78, 5) is 4.81. The summed E-state index contributed by atoms with van der Waals surface area (Å²) in [5.41, 5.74) is 5.57. The van der Waals surface area contributed by atoms with E-state index in [0.717, 1.165) is 39.7 Å². The predicted octanol–water partition coefficient (Wildman–Crippen LogP) is 5.93. The Morgan fingerprint density at radius 3 is 2.56 bits per heavy atom. The van der Waals surface area contributed by atoms with Crippen LogP contribution in [0.15, 0.2) is 66.7 Å². The highest BCUT2D eigenvalue weighted by molar-refractivity contribution is 6.30. The molecule has 3 nitrogen and oxygen atoms in total. The Morgan fingerprint density at radius 2 is 1.74 bits per heavy atom. The number of halogens is 1. The molecule has 1 aromatic heterocycles. The van der Waals surface area contributed by atoms with E-state index in [1.807, 2.05) is 42.5 Å². The molecule has 27 heavy (non-hydrogen) atoms. The highest BCUT2D eigenvalue weighted by Crippen LogP contribution is 2.23. The Bertz CT molecular complexity index is 1080. The molecule has 0 aliphatic heterocycles. The van der Waals surface area contributed by atoms with Crippen LogP contribution in [0.25, 0.3) is 11.0 Å². The van der Waals surface area contributed by atoms with Crippen LogP contribution in [-0.2, 0) is 13.2 Å². The highest BCUT2D eigenvalue weighted by atomic mass is 35.5. The van der Waals surface area contributed by atoms with E-state index in [9.17, 15) is 0 Å². The molecule has 3 aromatic carbocycles. The van der Waals surface area contributed by atoms with Gasteiger partial charge >= 0.3 is 0 Å². The fraction of sp³-hybridized carbons (Fsp3) is 0.174. The van der Waals surface area contributed by atoms with Crippen molar-refractivity contribution in [3.8, 4) is 5.75 Å². The zero-order valence-corrected chi connectivity index (χ0v) is 16.2. The predicted molar refractivity (Wildman–Crippen MR) is 111 cm³/mol. The zero-order chi connectivity index (χ0) is 18.8. The van der Waals surface area contributed by atoms with Gasteiger partial charge in [0.2, 0.25) is 0 Å². The minimum Gasteiger partial charge on any atom is -0.485 e. The summed E-state index contributed by atoms with van der Waals surface area (Å²) in [5, 5.41) is 0.743. The average molecular weight is 377 g/mol. The lowest BCUT2D eigenvalue weighted by Crippen LogP contribution is -2.09. The molecule has 1 heterocycles. The summed E-state index contributed by atoms with van der Waals surface area (Å²) in [5.74, 6) is 1.81. The Morgan fingerprint density at radius 1 is 0.963 bits per heavy atom. The zero-order valence-electron chi connectivity index (χ0n) is 15.4. The van der Waals surface area contributed by atoms with Crippen molar-refractivity contribution in [3.05, 3.63) is 94.3 Å². The summed E-state index contributed by atoms with van der Waals surface area (Å²) < 4.78 is 8.34. The van der Waals surface area contributed by atoms with E-state index >= 15 is 0 Å². The van der Waals surface area contributed by atoms with E-state index in [1.165, 1.54) is 11.1 Å². The van der Waals surface area contributed by atoms with Gasteiger partial charge in [-0.1, -0.05) is 48.0 Å². The number of nitrogens with zero attached hydrogens (tertiary/aromatic N) is 2. The number of benzene rings is 3. The van der Waals surface area contributed by atoms with E-state index in [-0.39, 0.29) is 0 Å². The van der Waals surface area contributed by atoms with Gasteiger partial charge in [0.1, 0.15) is 18.2 Å². The molecule has 0 aliphatic carbocycles. The van der Waals surface area contributed by atoms with Crippen LogP contribution < -0.4 is 4.74 Å². The normalized spacial score (nSPS) is 11.1. The topological polar surface area (TPSA) is 27.1 Å². The van der Waals surface area contributed by atoms with Gasteiger partial charge in [0.05, 0.1) is 11.0 Å². The molecule has 0 aliphatic rings. The molecule has 4 aromatic rings. The van der Waals surface area contributed by atoms with Crippen molar-refractivity contribution in [1.82, 2.24) is 9.55 Å². The smallest absolute Gasteiger partial charge is 0.148 e. The van der Waals surface area contributed by atoms with Gasteiger partial charge in [-0.2, -0.15) is 0 Å². The van der Waals surface area contributed by atoms with Crippen molar-refractivity contribution in [1.29, 1.82) is 0 Å². The van der Waals surface area contributed by atoms with Crippen LogP contribution >= 0.6 is 11.6 Å². The van der Waals surface area contributed by atoms with Crippen LogP contribution in [0.2, 0.25) is 5.02 Å². The monoisotopic (exact) mass is 376 g/mol. The molecule has 0 saturated heterocycles. The lowest BCUT2D eigenvalue weighted by Gasteiger charge is -2.12. The first-order valence-corrected chi connectivity index (χ1v) is 9.36. The molecule has 4 heteroatoms. The minimum atomic E-state index is 0.423. The van der Waals surface area contributed by atoms with Crippen molar-refractivity contribution >= 4 is 22.6 Å². The molecule has 136 valence electrons. The molecule has 0 N–H and O–H groups in total. The van der Waals surface area contributed by atoms with Crippen molar-refractivity contribution in [2.45, 2.75) is 27.0 Å². The van der Waals surface area contributed by atoms with Gasteiger partial charge in [-0.3, -0.25) is 0 Å². The number of aromatic nitrogens is 2. The van der Waals surface area contributed by atoms with E-state index < -0.39 is 0 Å². The first kappa shape index (κ1) is 17.6. The molecule has 0 atom stereocenters. The Labute approximate surface area is 164 Å². The Hall–Kier alpha value is -2.78. The lowest BCUT2D eigenvalue weighted by molar-refractivity contribution is 0.289. The van der Waals surface area contributed by atoms with Crippen LogP contribution in [0.3, 0.4) is 0 Å². The summed E-state index contributed by atoms with van der Waals surface area (Å²) in [6.45, 7) is 5.28. The third-order valence-electron chi connectivity index (χ3n) is 4.69. The second-order valence-electron chi connectivity index (χ2n) is 6.79. The van der Waals surface area contributed by atoms with Gasteiger partial charge in [0, 0.05) is 11.6 Å². The maximum absolute atomic E-state index is 6.13. The third-order valence-corrected chi connectivity index (χ3v) is 4.94. The van der Waals surface area contributed by atoms with Crippen LogP contribution in [0.1, 0.15) is 22.5 Å². The van der Waals surface area contributed by atoms with Crippen molar-refractivity contribution < 1.29 is 4.74 Å². The summed E-state index contributed by atoms with van der Waals surface area (Å²) in [7, 11) is 0. The number of aryl methyl sites for hydroxylation is 2. The quantitative estimate of drug-likeness (QED) is 0.431. The van der Waals surface area contributed by atoms with Crippen LogP contribution in [0, 0.1) is 13.8 Å². The van der Waals surface area contributed by atoms with E-state index in [4.69, 9.17) is 21.3 Å². The first-order chi connectivity index (χ1) is 13.1. The second kappa shape index (κ2) is 7.45.